The Labute approximate surface area is 254 Å². The third-order valence-electron chi connectivity index (χ3n) is 7.59. The van der Waals surface area contributed by atoms with E-state index in [0.29, 0.717) is 34.6 Å². The van der Waals surface area contributed by atoms with Crippen molar-refractivity contribution >= 4 is 46.0 Å². The van der Waals surface area contributed by atoms with E-state index >= 15 is 0 Å². The first kappa shape index (κ1) is 31.5. The fourth-order valence-electron chi connectivity index (χ4n) is 5.09. The number of hydrogen-bond donors (Lipinski definition) is 2. The normalized spacial score (nSPS) is 16.2. The number of ether oxygens (including phenoxy) is 1. The Morgan fingerprint density at radius 1 is 0.930 bits per heavy atom. The molecule has 2 heterocycles. The van der Waals surface area contributed by atoms with E-state index in [9.17, 15) is 14.4 Å². The number of rotatable bonds is 7. The fourth-order valence-corrected chi connectivity index (χ4v) is 5.09. The summed E-state index contributed by atoms with van der Waals surface area (Å²) in [5.74, 6) is -0.461. The number of benzene rings is 3. The van der Waals surface area contributed by atoms with Crippen LogP contribution in [0.1, 0.15) is 35.3 Å². The van der Waals surface area contributed by atoms with Gasteiger partial charge in [-0.3, -0.25) is 14.5 Å². The number of carbonyl (C=O) groups is 3. The number of anilines is 3. The monoisotopic (exact) mass is 583 g/mol. The zero-order valence-electron chi connectivity index (χ0n) is 25.6. The molecule has 9 heteroatoms. The average Bonchev–Trinajstić information content (AvgIpc) is 3.05. The van der Waals surface area contributed by atoms with Gasteiger partial charge in [-0.1, -0.05) is 50.2 Å². The topological polar surface area (TPSA) is 94.2 Å². The number of methoxy groups -OCH3 is 1. The molecule has 1 fully saturated rings. The lowest BCUT2D eigenvalue weighted by atomic mass is 9.90. The zero-order valence-corrected chi connectivity index (χ0v) is 25.6. The van der Waals surface area contributed by atoms with Gasteiger partial charge in [-0.05, 0) is 49.0 Å². The SMILES string of the molecule is CC.COC(=O)c1ccc2c(c1)NCC(=O)/C2=C(/Nc1ccc(N(C)C(=O)CN2CCN(C)CC2)cc1)c1ccccc1. The van der Waals surface area contributed by atoms with Crippen LogP contribution in [0.3, 0.4) is 0 Å². The maximum absolute atomic E-state index is 13.3. The van der Waals surface area contributed by atoms with Crippen LogP contribution in [0.15, 0.2) is 72.8 Å². The minimum atomic E-state index is -0.439. The number of piperazine rings is 1. The van der Waals surface area contributed by atoms with Gasteiger partial charge in [0.15, 0.2) is 5.78 Å². The van der Waals surface area contributed by atoms with Gasteiger partial charge in [0.2, 0.25) is 5.91 Å². The molecule has 0 saturated carbocycles. The molecule has 43 heavy (non-hydrogen) atoms. The van der Waals surface area contributed by atoms with Crippen molar-refractivity contribution in [1.29, 1.82) is 0 Å². The molecule has 226 valence electrons. The van der Waals surface area contributed by atoms with Gasteiger partial charge in [0, 0.05) is 55.9 Å². The first-order chi connectivity index (χ1) is 20.8. The van der Waals surface area contributed by atoms with Crippen LogP contribution in [0.2, 0.25) is 0 Å². The van der Waals surface area contributed by atoms with Crippen LogP contribution >= 0.6 is 0 Å². The summed E-state index contributed by atoms with van der Waals surface area (Å²) in [6, 6.07) is 22.4. The second-order valence-electron chi connectivity index (χ2n) is 10.3. The first-order valence-electron chi connectivity index (χ1n) is 14.7. The van der Waals surface area contributed by atoms with Gasteiger partial charge in [-0.25, -0.2) is 4.79 Å². The third kappa shape index (κ3) is 7.49. The van der Waals surface area contributed by atoms with E-state index in [1.54, 1.807) is 30.1 Å². The van der Waals surface area contributed by atoms with E-state index in [1.165, 1.54) is 7.11 Å². The number of amides is 1. The number of likely N-dealkylation sites (N-methyl/N-ethyl adjacent to an activating group) is 2. The molecule has 0 radical (unpaired) electrons. The molecular weight excluding hydrogens is 542 g/mol. The lowest BCUT2D eigenvalue weighted by Gasteiger charge is -2.32. The fraction of sp³-hybridized carbons (Fsp3) is 0.324. The molecule has 0 unspecified atom stereocenters. The summed E-state index contributed by atoms with van der Waals surface area (Å²) in [7, 11) is 5.24. The predicted octanol–water partition coefficient (Wildman–Crippen LogP) is 4.68. The molecule has 1 amide bonds. The molecule has 5 rings (SSSR count). The number of ketones is 1. The third-order valence-corrected chi connectivity index (χ3v) is 7.59. The van der Waals surface area contributed by atoms with Crippen molar-refractivity contribution in [3.63, 3.8) is 0 Å². The number of nitrogens with one attached hydrogen (secondary N) is 2. The smallest absolute Gasteiger partial charge is 0.337 e. The summed E-state index contributed by atoms with van der Waals surface area (Å²) in [6.45, 7) is 8.19. The lowest BCUT2D eigenvalue weighted by Crippen LogP contribution is -2.48. The van der Waals surface area contributed by atoms with Crippen LogP contribution in [0.25, 0.3) is 11.3 Å². The van der Waals surface area contributed by atoms with Gasteiger partial charge in [0.05, 0.1) is 37.0 Å². The summed E-state index contributed by atoms with van der Waals surface area (Å²) in [5.41, 5.74) is 5.41. The van der Waals surface area contributed by atoms with Gasteiger partial charge in [0.25, 0.3) is 0 Å². The van der Waals surface area contributed by atoms with E-state index in [0.717, 1.165) is 43.1 Å². The van der Waals surface area contributed by atoms with Crippen LogP contribution in [0.4, 0.5) is 17.1 Å². The molecule has 0 spiro atoms. The van der Waals surface area contributed by atoms with Crippen molar-refractivity contribution in [2.75, 3.05) is 76.0 Å². The van der Waals surface area contributed by atoms with Crippen LogP contribution in [-0.2, 0) is 14.3 Å². The summed E-state index contributed by atoms with van der Waals surface area (Å²) in [5, 5.41) is 6.60. The Bertz CT molecular complexity index is 1460. The standard InChI is InChI=1S/C32H35N5O4.C2H6/c1-35-15-17-37(18-16-35)21-29(39)36(2)25-12-10-24(11-13-25)34-31(22-7-5-4-6-8-22)30-26-14-9-23(32(40)41-3)19-27(26)33-20-28(30)38;1-2/h4-14,19,33-34H,15-18,20-21H2,1-3H3;1-2H3/b31-30+;. The molecule has 2 aliphatic rings. The average molecular weight is 584 g/mol. The van der Waals surface area contributed by atoms with Crippen LogP contribution < -0.4 is 15.5 Å². The molecule has 0 bridgehead atoms. The predicted molar refractivity (Wildman–Crippen MR) is 173 cm³/mol. The van der Waals surface area contributed by atoms with Crippen molar-refractivity contribution in [3.8, 4) is 0 Å². The Morgan fingerprint density at radius 3 is 2.26 bits per heavy atom. The second kappa shape index (κ2) is 14.6. The molecule has 9 nitrogen and oxygen atoms in total. The Hall–Kier alpha value is -4.47. The highest BCUT2D eigenvalue weighted by Crippen LogP contribution is 2.36. The Kier molecular flexibility index (Phi) is 10.7. The Morgan fingerprint density at radius 2 is 1.60 bits per heavy atom. The number of fused-ring (bicyclic) bond motifs is 1. The molecule has 0 aliphatic carbocycles. The van der Waals surface area contributed by atoms with E-state index in [4.69, 9.17) is 4.74 Å². The minimum absolute atomic E-state index is 0.0468. The molecule has 1 saturated heterocycles. The van der Waals surface area contributed by atoms with Crippen molar-refractivity contribution in [3.05, 3.63) is 89.5 Å². The molecule has 3 aromatic carbocycles. The largest absolute Gasteiger partial charge is 0.465 e. The summed E-state index contributed by atoms with van der Waals surface area (Å²) in [6.07, 6.45) is 0. The quantitative estimate of drug-likeness (QED) is 0.306. The summed E-state index contributed by atoms with van der Waals surface area (Å²) >= 11 is 0. The molecule has 0 aromatic heterocycles. The van der Waals surface area contributed by atoms with E-state index in [1.807, 2.05) is 68.4 Å². The van der Waals surface area contributed by atoms with Crippen molar-refractivity contribution in [2.45, 2.75) is 13.8 Å². The molecule has 2 N–H and O–H groups in total. The van der Waals surface area contributed by atoms with E-state index in [-0.39, 0.29) is 18.2 Å². The minimum Gasteiger partial charge on any atom is -0.465 e. The zero-order chi connectivity index (χ0) is 30.9. The molecule has 0 atom stereocenters. The van der Waals surface area contributed by atoms with Crippen molar-refractivity contribution in [1.82, 2.24) is 9.80 Å². The van der Waals surface area contributed by atoms with Crippen LogP contribution in [0, 0.1) is 0 Å². The highest BCUT2D eigenvalue weighted by Gasteiger charge is 2.27. The molecule has 3 aromatic rings. The van der Waals surface area contributed by atoms with Crippen molar-refractivity contribution < 1.29 is 19.1 Å². The van der Waals surface area contributed by atoms with Gasteiger partial charge >= 0.3 is 5.97 Å². The number of hydrogen-bond acceptors (Lipinski definition) is 8. The summed E-state index contributed by atoms with van der Waals surface area (Å²) in [4.78, 5) is 44.5. The van der Waals surface area contributed by atoms with E-state index in [2.05, 4.69) is 27.5 Å². The molecule has 2 aliphatic heterocycles. The highest BCUT2D eigenvalue weighted by atomic mass is 16.5. The van der Waals surface area contributed by atoms with Crippen LogP contribution in [-0.4, -0.2) is 87.9 Å². The van der Waals surface area contributed by atoms with Gasteiger partial charge in [0.1, 0.15) is 0 Å². The van der Waals surface area contributed by atoms with Crippen LogP contribution in [0.5, 0.6) is 0 Å². The number of carbonyl (C=O) groups excluding carboxylic acids is 3. The van der Waals surface area contributed by atoms with E-state index < -0.39 is 5.97 Å². The number of nitrogens with zero attached hydrogens (tertiary/aromatic N) is 3. The van der Waals surface area contributed by atoms with Gasteiger partial charge in [-0.15, -0.1) is 0 Å². The van der Waals surface area contributed by atoms with Gasteiger partial charge < -0.3 is 25.2 Å². The maximum Gasteiger partial charge on any atom is 0.337 e. The lowest BCUT2D eigenvalue weighted by molar-refractivity contribution is -0.119. The number of Topliss-reactive ketones (excluding diaryl/α,β-unsaturated/α-hetero) is 1. The summed E-state index contributed by atoms with van der Waals surface area (Å²) < 4.78 is 4.87. The maximum atomic E-state index is 13.3. The first-order valence-corrected chi connectivity index (χ1v) is 14.7. The number of esters is 1. The van der Waals surface area contributed by atoms with Crippen molar-refractivity contribution in [2.24, 2.45) is 0 Å². The highest BCUT2D eigenvalue weighted by molar-refractivity contribution is 6.32. The Balaban J connectivity index is 0.00000207. The second-order valence-corrected chi connectivity index (χ2v) is 10.3. The van der Waals surface area contributed by atoms with Gasteiger partial charge in [-0.2, -0.15) is 0 Å². The molecular formula is C34H41N5O4.